The van der Waals surface area contributed by atoms with Crippen LogP contribution in [-0.4, -0.2) is 40.9 Å². The number of anilines is 1. The van der Waals surface area contributed by atoms with Crippen molar-refractivity contribution in [2.75, 3.05) is 31.2 Å². The minimum Gasteiger partial charge on any atom is -0.378 e. The summed E-state index contributed by atoms with van der Waals surface area (Å²) in [6.07, 6.45) is 3.20. The fourth-order valence-corrected chi connectivity index (χ4v) is 3.85. The number of benzene rings is 1. The average Bonchev–Trinajstić information content (AvgIpc) is 3.26. The molecule has 0 bridgehead atoms. The van der Waals surface area contributed by atoms with Gasteiger partial charge in [0.1, 0.15) is 11.6 Å². The van der Waals surface area contributed by atoms with Crippen molar-refractivity contribution in [3.05, 3.63) is 47.4 Å². The molecular formula is C19H19FN4O. The van der Waals surface area contributed by atoms with Gasteiger partial charge in [-0.2, -0.15) is 9.61 Å². The third-order valence-corrected chi connectivity index (χ3v) is 5.03. The molecule has 0 radical (unpaired) electrons. The van der Waals surface area contributed by atoms with E-state index in [4.69, 9.17) is 14.8 Å². The molecule has 0 unspecified atom stereocenters. The average molecular weight is 338 g/mol. The van der Waals surface area contributed by atoms with Crippen LogP contribution in [-0.2, 0) is 17.6 Å². The van der Waals surface area contributed by atoms with Crippen LogP contribution < -0.4 is 4.90 Å². The van der Waals surface area contributed by atoms with Gasteiger partial charge in [-0.3, -0.25) is 0 Å². The lowest BCUT2D eigenvalue weighted by Crippen LogP contribution is -2.38. The zero-order valence-corrected chi connectivity index (χ0v) is 13.9. The van der Waals surface area contributed by atoms with Crippen molar-refractivity contribution < 1.29 is 9.13 Å². The number of halogens is 1. The molecule has 0 saturated carbocycles. The van der Waals surface area contributed by atoms with Gasteiger partial charge in [0.05, 0.1) is 18.9 Å². The van der Waals surface area contributed by atoms with Crippen molar-refractivity contribution in [2.24, 2.45) is 0 Å². The van der Waals surface area contributed by atoms with Gasteiger partial charge in [-0.1, -0.05) is 12.1 Å². The molecule has 0 atom stereocenters. The Kier molecular flexibility index (Phi) is 3.45. The Morgan fingerprint density at radius 2 is 1.96 bits per heavy atom. The topological polar surface area (TPSA) is 42.7 Å². The summed E-state index contributed by atoms with van der Waals surface area (Å²) in [6.45, 7) is 3.19. The number of fused-ring (bicyclic) bond motifs is 2. The summed E-state index contributed by atoms with van der Waals surface area (Å²) in [4.78, 5) is 7.18. The SMILES string of the molecule is Fc1cccc(-c2cc3nc4c(c(N5CCOCC5)n3n2)CCC4)c1. The zero-order valence-electron chi connectivity index (χ0n) is 13.9. The van der Waals surface area contributed by atoms with E-state index in [1.54, 1.807) is 6.07 Å². The highest BCUT2D eigenvalue weighted by molar-refractivity contribution is 5.67. The molecule has 6 heteroatoms. The van der Waals surface area contributed by atoms with Gasteiger partial charge in [0, 0.05) is 36.0 Å². The maximum atomic E-state index is 13.6. The van der Waals surface area contributed by atoms with Gasteiger partial charge in [-0.15, -0.1) is 0 Å². The molecule has 25 heavy (non-hydrogen) atoms. The quantitative estimate of drug-likeness (QED) is 0.721. The molecule has 0 spiro atoms. The van der Waals surface area contributed by atoms with Gasteiger partial charge in [0.15, 0.2) is 5.65 Å². The van der Waals surface area contributed by atoms with Crippen LogP contribution >= 0.6 is 0 Å². The molecular weight excluding hydrogens is 319 g/mol. The van der Waals surface area contributed by atoms with Crippen LogP contribution in [0.2, 0.25) is 0 Å². The Morgan fingerprint density at radius 3 is 2.80 bits per heavy atom. The normalized spacial score (nSPS) is 17.2. The number of hydrogen-bond acceptors (Lipinski definition) is 4. The van der Waals surface area contributed by atoms with E-state index in [-0.39, 0.29) is 5.82 Å². The molecule has 0 amide bonds. The first kappa shape index (κ1) is 14.8. The van der Waals surface area contributed by atoms with Gasteiger partial charge in [-0.25, -0.2) is 9.37 Å². The molecule has 0 N–H and O–H groups in total. The van der Waals surface area contributed by atoms with Crippen molar-refractivity contribution in [1.82, 2.24) is 14.6 Å². The van der Waals surface area contributed by atoms with Crippen LogP contribution in [0.1, 0.15) is 17.7 Å². The molecule has 5 rings (SSSR count). The van der Waals surface area contributed by atoms with Crippen LogP contribution in [0.3, 0.4) is 0 Å². The van der Waals surface area contributed by atoms with E-state index in [1.807, 2.05) is 16.6 Å². The Labute approximate surface area is 145 Å². The monoisotopic (exact) mass is 338 g/mol. The summed E-state index contributed by atoms with van der Waals surface area (Å²) in [5, 5.41) is 4.78. The third-order valence-electron chi connectivity index (χ3n) is 5.03. The third kappa shape index (κ3) is 2.48. The molecule has 1 aliphatic heterocycles. The number of ether oxygens (including phenoxy) is 1. The minimum absolute atomic E-state index is 0.251. The van der Waals surface area contributed by atoms with Crippen molar-refractivity contribution in [2.45, 2.75) is 19.3 Å². The lowest BCUT2D eigenvalue weighted by Gasteiger charge is -2.30. The van der Waals surface area contributed by atoms with Crippen LogP contribution in [0.4, 0.5) is 10.2 Å². The Hall–Kier alpha value is -2.47. The van der Waals surface area contributed by atoms with Gasteiger partial charge < -0.3 is 9.64 Å². The van der Waals surface area contributed by atoms with Crippen LogP contribution in [0, 0.1) is 5.82 Å². The zero-order chi connectivity index (χ0) is 16.8. The molecule has 2 aliphatic rings. The molecule has 3 heterocycles. The van der Waals surface area contributed by atoms with E-state index in [0.29, 0.717) is 0 Å². The van der Waals surface area contributed by atoms with E-state index in [0.717, 1.165) is 68.3 Å². The lowest BCUT2D eigenvalue weighted by molar-refractivity contribution is 0.122. The van der Waals surface area contributed by atoms with Crippen LogP contribution in [0.25, 0.3) is 16.9 Å². The van der Waals surface area contributed by atoms with E-state index in [1.165, 1.54) is 23.4 Å². The van der Waals surface area contributed by atoms with Gasteiger partial charge in [-0.05, 0) is 31.4 Å². The maximum absolute atomic E-state index is 13.6. The van der Waals surface area contributed by atoms with Crippen molar-refractivity contribution in [1.29, 1.82) is 0 Å². The van der Waals surface area contributed by atoms with E-state index >= 15 is 0 Å². The van der Waals surface area contributed by atoms with Gasteiger partial charge in [0.25, 0.3) is 0 Å². The summed E-state index contributed by atoms with van der Waals surface area (Å²) in [7, 11) is 0. The number of aryl methyl sites for hydroxylation is 1. The number of morpholine rings is 1. The highest BCUT2D eigenvalue weighted by atomic mass is 19.1. The maximum Gasteiger partial charge on any atom is 0.158 e. The fourth-order valence-electron chi connectivity index (χ4n) is 3.85. The first-order valence-corrected chi connectivity index (χ1v) is 8.80. The molecule has 1 aromatic carbocycles. The Balaban J connectivity index is 1.70. The predicted octanol–water partition coefficient (Wildman–Crippen LogP) is 2.86. The smallest absolute Gasteiger partial charge is 0.158 e. The summed E-state index contributed by atoms with van der Waals surface area (Å²) < 4.78 is 21.0. The van der Waals surface area contributed by atoms with Gasteiger partial charge >= 0.3 is 0 Å². The first-order chi connectivity index (χ1) is 12.3. The Bertz CT molecular complexity index is 946. The molecule has 1 aliphatic carbocycles. The lowest BCUT2D eigenvalue weighted by atomic mass is 10.1. The fraction of sp³-hybridized carbons (Fsp3) is 0.368. The molecule has 5 nitrogen and oxygen atoms in total. The predicted molar refractivity (Wildman–Crippen MR) is 93.4 cm³/mol. The van der Waals surface area contributed by atoms with Crippen LogP contribution in [0.5, 0.6) is 0 Å². The second-order valence-electron chi connectivity index (χ2n) is 6.62. The second kappa shape index (κ2) is 5.81. The number of hydrogen-bond donors (Lipinski definition) is 0. The molecule has 2 aromatic heterocycles. The standard InChI is InChI=1S/C19H19FN4O/c20-14-4-1-3-13(11-14)17-12-18-21-16-6-2-5-15(16)19(24(18)22-17)23-7-9-25-10-8-23/h1,3-4,11-12H,2,5-10H2. The molecule has 3 aromatic rings. The number of aromatic nitrogens is 3. The van der Waals surface area contributed by atoms with Crippen molar-refractivity contribution >= 4 is 11.5 Å². The summed E-state index contributed by atoms with van der Waals surface area (Å²) in [6, 6.07) is 8.52. The summed E-state index contributed by atoms with van der Waals surface area (Å²) in [5.41, 5.74) is 4.85. The largest absolute Gasteiger partial charge is 0.378 e. The number of nitrogens with zero attached hydrogens (tertiary/aromatic N) is 4. The summed E-state index contributed by atoms with van der Waals surface area (Å²) in [5.74, 6) is 0.891. The minimum atomic E-state index is -0.251. The first-order valence-electron chi connectivity index (χ1n) is 8.80. The highest BCUT2D eigenvalue weighted by Crippen LogP contribution is 2.33. The Morgan fingerprint density at radius 1 is 1.08 bits per heavy atom. The van der Waals surface area contributed by atoms with Crippen molar-refractivity contribution in [3.8, 4) is 11.3 Å². The van der Waals surface area contributed by atoms with E-state index < -0.39 is 0 Å². The number of rotatable bonds is 2. The molecule has 1 fully saturated rings. The summed E-state index contributed by atoms with van der Waals surface area (Å²) >= 11 is 0. The molecule has 1 saturated heterocycles. The van der Waals surface area contributed by atoms with Crippen molar-refractivity contribution in [3.63, 3.8) is 0 Å². The van der Waals surface area contributed by atoms with Crippen LogP contribution in [0.15, 0.2) is 30.3 Å². The van der Waals surface area contributed by atoms with E-state index in [2.05, 4.69) is 4.90 Å². The van der Waals surface area contributed by atoms with Gasteiger partial charge in [0.2, 0.25) is 0 Å². The molecule has 128 valence electrons. The second-order valence-corrected chi connectivity index (χ2v) is 6.62. The highest BCUT2D eigenvalue weighted by Gasteiger charge is 2.26. The van der Waals surface area contributed by atoms with E-state index in [9.17, 15) is 4.39 Å².